The smallest absolute Gasteiger partial charge is 0.414 e. The molecular formula is C14H16FN3O4. The van der Waals surface area contributed by atoms with Crippen molar-refractivity contribution < 1.29 is 23.5 Å². The molecule has 1 atom stereocenters. The van der Waals surface area contributed by atoms with Crippen LogP contribution in [0.1, 0.15) is 5.56 Å². The number of hydrogen-bond acceptors (Lipinski definition) is 5. The van der Waals surface area contributed by atoms with Gasteiger partial charge in [-0.05, 0) is 17.7 Å². The molecule has 1 aromatic carbocycles. The largest absolute Gasteiger partial charge is 0.449 e. The molecule has 3 rings (SSSR count). The molecule has 2 aliphatic heterocycles. The van der Waals surface area contributed by atoms with Crippen LogP contribution in [-0.4, -0.2) is 45.0 Å². The predicted molar refractivity (Wildman–Crippen MR) is 76.5 cm³/mol. The summed E-state index contributed by atoms with van der Waals surface area (Å²) in [6, 6.07) is 2.89. The van der Waals surface area contributed by atoms with Gasteiger partial charge in [0.1, 0.15) is 11.9 Å². The second-order valence-corrected chi connectivity index (χ2v) is 5.21. The second kappa shape index (κ2) is 5.45. The van der Waals surface area contributed by atoms with E-state index >= 15 is 0 Å². The van der Waals surface area contributed by atoms with Gasteiger partial charge in [0.25, 0.3) is 0 Å². The van der Waals surface area contributed by atoms with Gasteiger partial charge in [0.05, 0.1) is 24.5 Å². The third kappa shape index (κ3) is 2.35. The number of amides is 2. The van der Waals surface area contributed by atoms with Crippen LogP contribution in [0.4, 0.5) is 25.4 Å². The fourth-order valence-corrected chi connectivity index (χ4v) is 2.65. The Labute approximate surface area is 126 Å². The van der Waals surface area contributed by atoms with Crippen LogP contribution >= 0.6 is 0 Å². The van der Waals surface area contributed by atoms with Gasteiger partial charge in [-0.3, -0.25) is 9.80 Å². The summed E-state index contributed by atoms with van der Waals surface area (Å²) >= 11 is 0. The molecule has 0 unspecified atom stereocenters. The number of nitrogens with zero attached hydrogens (tertiary/aromatic N) is 2. The monoisotopic (exact) mass is 309 g/mol. The third-order valence-electron chi connectivity index (χ3n) is 3.78. The quantitative estimate of drug-likeness (QED) is 0.888. The normalized spacial score (nSPS) is 21.3. The summed E-state index contributed by atoms with van der Waals surface area (Å²) in [5, 5.41) is 0. The molecule has 0 aromatic heterocycles. The minimum Gasteiger partial charge on any atom is -0.449 e. The van der Waals surface area contributed by atoms with Gasteiger partial charge in [-0.15, -0.1) is 0 Å². The van der Waals surface area contributed by atoms with Crippen molar-refractivity contribution in [3.8, 4) is 0 Å². The summed E-state index contributed by atoms with van der Waals surface area (Å²) in [5.74, 6) is -0.585. The number of ether oxygens (including phenoxy) is 2. The van der Waals surface area contributed by atoms with Crippen molar-refractivity contribution in [1.82, 2.24) is 0 Å². The molecular weight excluding hydrogens is 293 g/mol. The van der Waals surface area contributed by atoms with Crippen LogP contribution in [0, 0.1) is 5.82 Å². The highest BCUT2D eigenvalue weighted by atomic mass is 19.1. The summed E-state index contributed by atoms with van der Waals surface area (Å²) in [5.41, 5.74) is 6.66. The number of cyclic esters (lactones) is 2. The number of benzene rings is 1. The molecule has 0 radical (unpaired) electrons. The topological polar surface area (TPSA) is 85.1 Å². The van der Waals surface area contributed by atoms with Crippen molar-refractivity contribution in [3.05, 3.63) is 23.5 Å². The molecule has 0 saturated carbocycles. The lowest BCUT2D eigenvalue weighted by Gasteiger charge is -2.20. The number of hydrogen-bond donors (Lipinski definition) is 1. The predicted octanol–water partition coefficient (Wildman–Crippen LogP) is 1.24. The van der Waals surface area contributed by atoms with E-state index < -0.39 is 24.1 Å². The Morgan fingerprint density at radius 3 is 2.82 bits per heavy atom. The van der Waals surface area contributed by atoms with Crippen LogP contribution in [0.2, 0.25) is 0 Å². The lowest BCUT2D eigenvalue weighted by molar-refractivity contribution is 0.145. The van der Waals surface area contributed by atoms with Gasteiger partial charge >= 0.3 is 12.2 Å². The summed E-state index contributed by atoms with van der Waals surface area (Å²) < 4.78 is 24.5. The number of nitrogens with two attached hydrogens (primary N) is 1. The zero-order valence-corrected chi connectivity index (χ0v) is 12.0. The standard InChI is InChI=1S/C14H16FN3O4/c1-17-12-8(2-3-21-13(17)19)4-9(5-11(12)15)18-7-10(6-16)22-14(18)20/h4-5,10H,2-3,6-7,16H2,1H3/t10-/m0/s1. The van der Waals surface area contributed by atoms with Gasteiger partial charge in [0.2, 0.25) is 0 Å². The van der Waals surface area contributed by atoms with E-state index in [2.05, 4.69) is 0 Å². The first-order valence-electron chi connectivity index (χ1n) is 6.92. The van der Waals surface area contributed by atoms with E-state index in [4.69, 9.17) is 15.2 Å². The molecule has 0 bridgehead atoms. The van der Waals surface area contributed by atoms with E-state index in [1.165, 1.54) is 18.0 Å². The molecule has 2 amide bonds. The zero-order valence-electron chi connectivity index (χ0n) is 12.0. The van der Waals surface area contributed by atoms with Crippen LogP contribution < -0.4 is 15.5 Å². The average Bonchev–Trinajstić information content (AvgIpc) is 2.80. The van der Waals surface area contributed by atoms with Crippen LogP contribution in [0.3, 0.4) is 0 Å². The number of carbonyl (C=O) groups is 2. The SMILES string of the molecule is CN1C(=O)OCCc2cc(N3C[C@H](CN)OC3=O)cc(F)c21. The molecule has 22 heavy (non-hydrogen) atoms. The van der Waals surface area contributed by atoms with E-state index in [1.54, 1.807) is 6.07 Å². The average molecular weight is 309 g/mol. The number of rotatable bonds is 2. The highest BCUT2D eigenvalue weighted by Crippen LogP contribution is 2.33. The second-order valence-electron chi connectivity index (χ2n) is 5.21. The number of anilines is 2. The lowest BCUT2D eigenvalue weighted by atomic mass is 10.1. The molecule has 1 saturated heterocycles. The molecule has 118 valence electrons. The van der Waals surface area contributed by atoms with Gasteiger partial charge in [0.15, 0.2) is 0 Å². The first kappa shape index (κ1) is 14.6. The molecule has 0 spiro atoms. The van der Waals surface area contributed by atoms with E-state index in [9.17, 15) is 14.0 Å². The number of halogens is 1. The van der Waals surface area contributed by atoms with Crippen LogP contribution in [0.15, 0.2) is 12.1 Å². The van der Waals surface area contributed by atoms with Crippen LogP contribution in [-0.2, 0) is 15.9 Å². The Hall–Kier alpha value is -2.35. The van der Waals surface area contributed by atoms with E-state index in [-0.39, 0.29) is 25.4 Å². The molecule has 2 N–H and O–H groups in total. The Morgan fingerprint density at radius 2 is 2.14 bits per heavy atom. The Morgan fingerprint density at radius 1 is 1.36 bits per heavy atom. The van der Waals surface area contributed by atoms with E-state index in [0.717, 1.165) is 4.90 Å². The van der Waals surface area contributed by atoms with Crippen molar-refractivity contribution in [1.29, 1.82) is 0 Å². The van der Waals surface area contributed by atoms with Gasteiger partial charge in [-0.25, -0.2) is 14.0 Å². The molecule has 1 aromatic rings. The third-order valence-corrected chi connectivity index (χ3v) is 3.78. The van der Waals surface area contributed by atoms with Gasteiger partial charge in [0, 0.05) is 20.0 Å². The maximum absolute atomic E-state index is 14.4. The van der Waals surface area contributed by atoms with E-state index in [0.29, 0.717) is 17.7 Å². The maximum Gasteiger partial charge on any atom is 0.414 e. The fourth-order valence-electron chi connectivity index (χ4n) is 2.65. The molecule has 8 heteroatoms. The first-order chi connectivity index (χ1) is 10.5. The number of fused-ring (bicyclic) bond motifs is 1. The van der Waals surface area contributed by atoms with Crippen LogP contribution in [0.25, 0.3) is 0 Å². The van der Waals surface area contributed by atoms with Crippen molar-refractivity contribution >= 4 is 23.6 Å². The van der Waals surface area contributed by atoms with Gasteiger partial charge < -0.3 is 15.2 Å². The van der Waals surface area contributed by atoms with Crippen molar-refractivity contribution in [2.75, 3.05) is 36.5 Å². The molecule has 0 aliphatic carbocycles. The lowest BCUT2D eigenvalue weighted by Crippen LogP contribution is -2.28. The molecule has 2 aliphatic rings. The molecule has 7 nitrogen and oxygen atoms in total. The first-order valence-corrected chi connectivity index (χ1v) is 6.92. The van der Waals surface area contributed by atoms with Crippen molar-refractivity contribution in [3.63, 3.8) is 0 Å². The number of carbonyl (C=O) groups excluding carboxylic acids is 2. The van der Waals surface area contributed by atoms with Crippen molar-refractivity contribution in [2.24, 2.45) is 5.73 Å². The Bertz CT molecular complexity index is 637. The zero-order chi connectivity index (χ0) is 15.9. The van der Waals surface area contributed by atoms with Crippen molar-refractivity contribution in [2.45, 2.75) is 12.5 Å². The van der Waals surface area contributed by atoms with E-state index in [1.807, 2.05) is 0 Å². The fraction of sp³-hybridized carbons (Fsp3) is 0.429. The maximum atomic E-state index is 14.4. The highest BCUT2D eigenvalue weighted by Gasteiger charge is 2.33. The van der Waals surface area contributed by atoms with Gasteiger partial charge in [-0.2, -0.15) is 0 Å². The summed E-state index contributed by atoms with van der Waals surface area (Å²) in [4.78, 5) is 26.0. The minimum absolute atomic E-state index is 0.162. The minimum atomic E-state index is -0.603. The molecule has 2 heterocycles. The molecule has 1 fully saturated rings. The highest BCUT2D eigenvalue weighted by molar-refractivity contribution is 5.92. The Balaban J connectivity index is 1.99. The summed E-state index contributed by atoms with van der Waals surface area (Å²) in [7, 11) is 1.45. The Kier molecular flexibility index (Phi) is 3.61. The van der Waals surface area contributed by atoms with Gasteiger partial charge in [-0.1, -0.05) is 0 Å². The van der Waals surface area contributed by atoms with Crippen LogP contribution in [0.5, 0.6) is 0 Å². The summed E-state index contributed by atoms with van der Waals surface area (Å²) in [6.07, 6.45) is -1.18. The summed E-state index contributed by atoms with van der Waals surface area (Å²) in [6.45, 7) is 0.647.